The van der Waals surface area contributed by atoms with E-state index in [1.165, 1.54) is 30.5 Å². The number of hydrazine groups is 1. The van der Waals surface area contributed by atoms with Crippen molar-refractivity contribution in [2.45, 2.75) is 16.9 Å². The summed E-state index contributed by atoms with van der Waals surface area (Å²) in [6.45, 7) is -0.291. The van der Waals surface area contributed by atoms with Crippen molar-refractivity contribution in [2.24, 2.45) is 0 Å². The summed E-state index contributed by atoms with van der Waals surface area (Å²) in [5, 5.41) is 0. The van der Waals surface area contributed by atoms with Crippen LogP contribution in [0.25, 0.3) is 0 Å². The second-order valence-corrected chi connectivity index (χ2v) is 5.88. The monoisotopic (exact) mass is 371 g/mol. The van der Waals surface area contributed by atoms with E-state index in [2.05, 4.69) is 10.9 Å². The third-order valence-corrected chi connectivity index (χ3v) is 3.62. The highest BCUT2D eigenvalue weighted by Crippen LogP contribution is 2.36. The van der Waals surface area contributed by atoms with Crippen molar-refractivity contribution in [2.75, 3.05) is 0 Å². The van der Waals surface area contributed by atoms with E-state index in [4.69, 9.17) is 0 Å². The van der Waals surface area contributed by atoms with Gasteiger partial charge in [-0.1, -0.05) is 6.07 Å². The highest BCUT2D eigenvalue weighted by molar-refractivity contribution is 8.00. The molecule has 10 heteroatoms. The van der Waals surface area contributed by atoms with E-state index in [1.807, 2.05) is 0 Å². The van der Waals surface area contributed by atoms with Gasteiger partial charge in [-0.15, -0.1) is 0 Å². The van der Waals surface area contributed by atoms with Crippen LogP contribution >= 0.6 is 11.8 Å². The molecule has 0 saturated heterocycles. The van der Waals surface area contributed by atoms with Crippen LogP contribution in [0.15, 0.2) is 58.4 Å². The van der Waals surface area contributed by atoms with Gasteiger partial charge in [-0.05, 0) is 42.1 Å². The fraction of sp³-hybridized carbons (Fsp3) is 0.133. The van der Waals surface area contributed by atoms with Gasteiger partial charge in [-0.2, -0.15) is 13.2 Å². The summed E-state index contributed by atoms with van der Waals surface area (Å²) >= 11 is -0.292. The molecule has 6 nitrogen and oxygen atoms in total. The maximum absolute atomic E-state index is 12.2. The summed E-state index contributed by atoms with van der Waals surface area (Å²) in [5.74, 6) is -1.33. The summed E-state index contributed by atoms with van der Waals surface area (Å²) < 4.78 is 37.8. The van der Waals surface area contributed by atoms with E-state index < -0.39 is 17.3 Å². The highest BCUT2D eigenvalue weighted by Gasteiger charge is 2.29. The Morgan fingerprint density at radius 2 is 1.72 bits per heavy atom. The Hall–Kier alpha value is -2.75. The van der Waals surface area contributed by atoms with Crippen molar-refractivity contribution < 1.29 is 22.8 Å². The zero-order valence-corrected chi connectivity index (χ0v) is 13.4. The Morgan fingerprint density at radius 1 is 1.04 bits per heavy atom. The van der Waals surface area contributed by atoms with Gasteiger partial charge in [0.15, 0.2) is 0 Å². The molecular formula is C15H12F3N3O3S. The smallest absolute Gasteiger partial charge is 0.306 e. The third kappa shape index (κ3) is 5.99. The number of alkyl halides is 3. The Bertz CT molecular complexity index is 819. The molecule has 0 aliphatic heterocycles. The molecule has 0 unspecified atom stereocenters. The fourth-order valence-electron chi connectivity index (χ4n) is 1.79. The molecule has 0 saturated carbocycles. The van der Waals surface area contributed by atoms with Gasteiger partial charge in [-0.25, -0.2) is 0 Å². The van der Waals surface area contributed by atoms with Crippen molar-refractivity contribution in [1.29, 1.82) is 0 Å². The van der Waals surface area contributed by atoms with Crippen LogP contribution in [0.1, 0.15) is 10.4 Å². The number of aromatic nitrogens is 1. The van der Waals surface area contributed by atoms with Gasteiger partial charge in [0.2, 0.25) is 0 Å². The van der Waals surface area contributed by atoms with E-state index in [0.717, 1.165) is 16.7 Å². The Labute approximate surface area is 144 Å². The summed E-state index contributed by atoms with van der Waals surface area (Å²) in [6.07, 6.45) is 1.42. The minimum absolute atomic E-state index is 0.0588. The van der Waals surface area contributed by atoms with Crippen LogP contribution in [-0.4, -0.2) is 21.9 Å². The van der Waals surface area contributed by atoms with E-state index in [-0.39, 0.29) is 34.3 Å². The predicted octanol–water partition coefficient (Wildman–Crippen LogP) is 1.92. The van der Waals surface area contributed by atoms with Crippen LogP contribution in [0.5, 0.6) is 0 Å². The van der Waals surface area contributed by atoms with Crippen LogP contribution in [0, 0.1) is 0 Å². The molecule has 1 aromatic carbocycles. The molecule has 0 aliphatic carbocycles. The van der Waals surface area contributed by atoms with Gasteiger partial charge >= 0.3 is 5.51 Å². The summed E-state index contributed by atoms with van der Waals surface area (Å²) in [4.78, 5) is 34.9. The lowest BCUT2D eigenvalue weighted by molar-refractivity contribution is -0.122. The molecule has 0 atom stereocenters. The number of nitrogens with one attached hydrogen (secondary N) is 2. The number of amides is 2. The molecule has 2 aromatic rings. The first-order chi connectivity index (χ1) is 11.7. The van der Waals surface area contributed by atoms with Crippen molar-refractivity contribution >= 4 is 23.6 Å². The largest absolute Gasteiger partial charge is 0.446 e. The summed E-state index contributed by atoms with van der Waals surface area (Å²) in [6, 6.07) is 9.10. The normalized spacial score (nSPS) is 11.0. The number of carbonyl (C=O) groups excluding carboxylic acids is 2. The second-order valence-electron chi connectivity index (χ2n) is 4.74. The van der Waals surface area contributed by atoms with Gasteiger partial charge in [0.1, 0.15) is 6.54 Å². The van der Waals surface area contributed by atoms with Gasteiger partial charge in [0, 0.05) is 22.7 Å². The number of benzene rings is 1. The minimum Gasteiger partial charge on any atom is -0.306 e. The number of carbonyl (C=O) groups is 2. The summed E-state index contributed by atoms with van der Waals surface area (Å²) in [7, 11) is 0. The molecule has 2 rings (SSSR count). The van der Waals surface area contributed by atoms with Crippen molar-refractivity contribution in [3.63, 3.8) is 0 Å². The first kappa shape index (κ1) is 18.6. The molecule has 0 radical (unpaired) electrons. The first-order valence-corrected chi connectivity index (χ1v) is 7.67. The highest BCUT2D eigenvalue weighted by atomic mass is 32.2. The number of rotatable bonds is 4. The molecular weight excluding hydrogens is 359 g/mol. The van der Waals surface area contributed by atoms with Crippen molar-refractivity contribution in [3.8, 4) is 0 Å². The lowest BCUT2D eigenvalue weighted by atomic mass is 10.2. The Balaban J connectivity index is 1.88. The number of halogens is 3. The molecule has 0 bridgehead atoms. The summed E-state index contributed by atoms with van der Waals surface area (Å²) in [5.41, 5.74) is -0.461. The first-order valence-electron chi connectivity index (χ1n) is 6.85. The zero-order valence-electron chi connectivity index (χ0n) is 12.5. The molecule has 132 valence electrons. The molecule has 0 spiro atoms. The molecule has 0 fully saturated rings. The number of hydrogen-bond donors (Lipinski definition) is 2. The van der Waals surface area contributed by atoms with Gasteiger partial charge in [-0.3, -0.25) is 25.2 Å². The number of thioether (sulfide) groups is 1. The molecule has 2 amide bonds. The maximum atomic E-state index is 12.2. The van der Waals surface area contributed by atoms with Crippen molar-refractivity contribution in [1.82, 2.24) is 15.4 Å². The molecule has 25 heavy (non-hydrogen) atoms. The van der Waals surface area contributed by atoms with Crippen molar-refractivity contribution in [3.05, 3.63) is 64.6 Å². The quantitative estimate of drug-likeness (QED) is 0.636. The Morgan fingerprint density at radius 3 is 2.32 bits per heavy atom. The SMILES string of the molecule is O=C(Cn1ccccc1=O)NNC(=O)c1ccc(SC(F)(F)F)cc1. The molecule has 1 heterocycles. The van der Waals surface area contributed by atoms with Gasteiger partial charge in [0.05, 0.1) is 0 Å². The van der Waals surface area contributed by atoms with E-state index in [9.17, 15) is 27.6 Å². The van der Waals surface area contributed by atoms with Crippen LogP contribution in [0.3, 0.4) is 0 Å². The average molecular weight is 371 g/mol. The maximum Gasteiger partial charge on any atom is 0.446 e. The lowest BCUT2D eigenvalue weighted by Gasteiger charge is -2.09. The molecule has 1 aromatic heterocycles. The third-order valence-electron chi connectivity index (χ3n) is 2.88. The van der Waals surface area contributed by atoms with E-state index >= 15 is 0 Å². The van der Waals surface area contributed by atoms with Gasteiger partial charge < -0.3 is 4.57 Å². The number of pyridine rings is 1. The molecule has 2 N–H and O–H groups in total. The van der Waals surface area contributed by atoms with Crippen LogP contribution in [0.4, 0.5) is 13.2 Å². The zero-order chi connectivity index (χ0) is 18.4. The number of hydrogen-bond acceptors (Lipinski definition) is 4. The van der Waals surface area contributed by atoms with E-state index in [1.54, 1.807) is 6.07 Å². The van der Waals surface area contributed by atoms with Crippen LogP contribution in [-0.2, 0) is 11.3 Å². The topological polar surface area (TPSA) is 80.2 Å². The number of nitrogens with zero attached hydrogens (tertiary/aromatic N) is 1. The molecule has 0 aliphatic rings. The van der Waals surface area contributed by atoms with Gasteiger partial charge in [0.25, 0.3) is 17.4 Å². The van der Waals surface area contributed by atoms with E-state index in [0.29, 0.717) is 0 Å². The second kappa shape index (κ2) is 7.88. The fourth-order valence-corrected chi connectivity index (χ4v) is 2.33. The lowest BCUT2D eigenvalue weighted by Crippen LogP contribution is -2.44. The average Bonchev–Trinajstić information content (AvgIpc) is 2.54. The standard InChI is InChI=1S/C15H12F3N3O3S/c16-15(17,18)25-11-6-4-10(5-7-11)14(24)20-19-12(22)9-21-8-2-1-3-13(21)23/h1-8H,9H2,(H,19,22)(H,20,24). The predicted molar refractivity (Wildman–Crippen MR) is 84.7 cm³/mol. The van der Waals surface area contributed by atoms with Crippen LogP contribution < -0.4 is 16.4 Å². The minimum atomic E-state index is -4.41. The Kier molecular flexibility index (Phi) is 5.86. The van der Waals surface area contributed by atoms with Crippen LogP contribution in [0.2, 0.25) is 0 Å².